The number of H-pyrrole nitrogens is 1. The summed E-state index contributed by atoms with van der Waals surface area (Å²) in [5.74, 6) is 0.599. The van der Waals surface area contributed by atoms with Crippen molar-refractivity contribution in [1.82, 2.24) is 19.9 Å². The molecule has 1 aromatic carbocycles. The smallest absolute Gasteiger partial charge is 0.212 e. The van der Waals surface area contributed by atoms with Crippen LogP contribution >= 0.6 is 0 Å². The Balaban J connectivity index is 1.39. The van der Waals surface area contributed by atoms with Crippen LogP contribution in [0.15, 0.2) is 61.1 Å². The molecule has 0 saturated carbocycles. The molecule has 1 aliphatic heterocycles. The van der Waals surface area contributed by atoms with Gasteiger partial charge in [0.2, 0.25) is 5.88 Å². The molecule has 4 aromatic rings. The lowest BCUT2D eigenvalue weighted by Crippen LogP contribution is -2.37. The summed E-state index contributed by atoms with van der Waals surface area (Å²) in [6.45, 7) is 2.69. The third kappa shape index (κ3) is 4.17. The molecular formula is C25H26N4O2. The molecule has 1 saturated heterocycles. The van der Waals surface area contributed by atoms with Crippen molar-refractivity contribution in [2.75, 3.05) is 20.2 Å². The molecule has 3 aromatic heterocycles. The van der Waals surface area contributed by atoms with Gasteiger partial charge in [0.05, 0.1) is 13.2 Å². The van der Waals surface area contributed by atoms with Crippen LogP contribution in [-0.2, 0) is 6.54 Å². The minimum Gasteiger partial charge on any atom is -0.481 e. The van der Waals surface area contributed by atoms with Crippen molar-refractivity contribution in [1.29, 1.82) is 0 Å². The number of nitrogens with one attached hydrogen (secondary N) is 1. The lowest BCUT2D eigenvalue weighted by molar-refractivity contribution is 0.0668. The first-order chi connectivity index (χ1) is 15.2. The normalized spacial score (nSPS) is 17.2. The number of likely N-dealkylation sites (tertiary alicyclic amines) is 1. The number of aliphatic hydroxyl groups excluding tert-OH is 1. The van der Waals surface area contributed by atoms with Gasteiger partial charge in [-0.15, -0.1) is 0 Å². The minimum absolute atomic E-state index is 0.192. The largest absolute Gasteiger partial charge is 0.481 e. The maximum absolute atomic E-state index is 9.89. The molecule has 1 aliphatic rings. The first kappa shape index (κ1) is 19.7. The molecule has 31 heavy (non-hydrogen) atoms. The van der Waals surface area contributed by atoms with Gasteiger partial charge in [-0.05, 0) is 42.6 Å². The van der Waals surface area contributed by atoms with E-state index in [2.05, 4.69) is 50.2 Å². The SMILES string of the molecule is COc1ccc(-c2c[nH]c3ncc(-c4ccc(CN5CCCC(O)C5)cc4)cc23)cn1. The van der Waals surface area contributed by atoms with Gasteiger partial charge in [0.1, 0.15) is 5.65 Å². The third-order valence-electron chi connectivity index (χ3n) is 5.96. The van der Waals surface area contributed by atoms with Gasteiger partial charge in [-0.2, -0.15) is 0 Å². The number of aromatic nitrogens is 3. The van der Waals surface area contributed by atoms with Crippen LogP contribution in [0.1, 0.15) is 18.4 Å². The molecule has 2 N–H and O–H groups in total. The number of methoxy groups -OCH3 is 1. The zero-order valence-electron chi connectivity index (χ0n) is 17.6. The Hall–Kier alpha value is -3.22. The van der Waals surface area contributed by atoms with Crippen molar-refractivity contribution in [2.45, 2.75) is 25.5 Å². The molecular weight excluding hydrogens is 388 g/mol. The van der Waals surface area contributed by atoms with Gasteiger partial charge in [0, 0.05) is 59.8 Å². The lowest BCUT2D eigenvalue weighted by Gasteiger charge is -2.29. The van der Waals surface area contributed by atoms with Crippen LogP contribution in [0.5, 0.6) is 5.88 Å². The number of hydrogen-bond donors (Lipinski definition) is 2. The first-order valence-electron chi connectivity index (χ1n) is 10.7. The van der Waals surface area contributed by atoms with Crippen LogP contribution in [0.25, 0.3) is 33.3 Å². The molecule has 1 unspecified atom stereocenters. The van der Waals surface area contributed by atoms with E-state index in [0.717, 1.165) is 65.8 Å². The maximum Gasteiger partial charge on any atom is 0.212 e. The molecule has 5 rings (SSSR count). The number of hydrogen-bond acceptors (Lipinski definition) is 5. The molecule has 1 fully saturated rings. The minimum atomic E-state index is -0.192. The average molecular weight is 415 g/mol. The monoisotopic (exact) mass is 414 g/mol. The van der Waals surface area contributed by atoms with Gasteiger partial charge >= 0.3 is 0 Å². The van der Waals surface area contributed by atoms with Crippen molar-refractivity contribution in [2.24, 2.45) is 0 Å². The van der Waals surface area contributed by atoms with E-state index in [1.54, 1.807) is 7.11 Å². The van der Waals surface area contributed by atoms with Crippen LogP contribution in [-0.4, -0.2) is 51.3 Å². The lowest BCUT2D eigenvalue weighted by atomic mass is 10.0. The van der Waals surface area contributed by atoms with E-state index < -0.39 is 0 Å². The quantitative estimate of drug-likeness (QED) is 0.511. The summed E-state index contributed by atoms with van der Waals surface area (Å²) in [4.78, 5) is 14.5. The fourth-order valence-corrected chi connectivity index (χ4v) is 4.30. The van der Waals surface area contributed by atoms with Gasteiger partial charge in [-0.25, -0.2) is 9.97 Å². The molecule has 0 spiro atoms. The van der Waals surface area contributed by atoms with Gasteiger partial charge in [0.15, 0.2) is 0 Å². The maximum atomic E-state index is 9.89. The number of nitrogens with zero attached hydrogens (tertiary/aromatic N) is 3. The summed E-state index contributed by atoms with van der Waals surface area (Å²) >= 11 is 0. The molecule has 4 heterocycles. The first-order valence-corrected chi connectivity index (χ1v) is 10.7. The molecule has 6 heteroatoms. The summed E-state index contributed by atoms with van der Waals surface area (Å²) in [6, 6.07) is 14.7. The predicted molar refractivity (Wildman–Crippen MR) is 122 cm³/mol. The zero-order chi connectivity index (χ0) is 21.2. The van der Waals surface area contributed by atoms with E-state index in [0.29, 0.717) is 5.88 Å². The van der Waals surface area contributed by atoms with Crippen molar-refractivity contribution >= 4 is 11.0 Å². The number of pyridine rings is 2. The van der Waals surface area contributed by atoms with E-state index in [1.165, 1.54) is 5.56 Å². The summed E-state index contributed by atoms with van der Waals surface area (Å²) in [6.07, 6.45) is 7.49. The van der Waals surface area contributed by atoms with E-state index in [-0.39, 0.29) is 6.10 Å². The molecule has 0 amide bonds. The Bertz CT molecular complexity index is 1170. The highest BCUT2D eigenvalue weighted by Crippen LogP contribution is 2.31. The number of aliphatic hydroxyl groups is 1. The fourth-order valence-electron chi connectivity index (χ4n) is 4.30. The van der Waals surface area contributed by atoms with Crippen molar-refractivity contribution < 1.29 is 9.84 Å². The number of aromatic amines is 1. The highest BCUT2D eigenvalue weighted by atomic mass is 16.5. The van der Waals surface area contributed by atoms with E-state index >= 15 is 0 Å². The number of rotatable bonds is 5. The van der Waals surface area contributed by atoms with Crippen LogP contribution < -0.4 is 4.74 Å². The van der Waals surface area contributed by atoms with E-state index in [4.69, 9.17) is 4.74 Å². The second-order valence-corrected chi connectivity index (χ2v) is 8.14. The highest BCUT2D eigenvalue weighted by molar-refractivity contribution is 5.95. The second kappa shape index (κ2) is 8.49. The molecule has 1 atom stereocenters. The predicted octanol–water partition coefficient (Wildman–Crippen LogP) is 4.26. The second-order valence-electron chi connectivity index (χ2n) is 8.14. The topological polar surface area (TPSA) is 74.3 Å². The number of ether oxygens (including phenoxy) is 1. The summed E-state index contributed by atoms with van der Waals surface area (Å²) in [5, 5.41) is 11.0. The highest BCUT2D eigenvalue weighted by Gasteiger charge is 2.17. The van der Waals surface area contributed by atoms with Crippen molar-refractivity contribution in [3.63, 3.8) is 0 Å². The molecule has 0 bridgehead atoms. The Morgan fingerprint density at radius 3 is 2.61 bits per heavy atom. The van der Waals surface area contributed by atoms with Gasteiger partial charge in [-0.1, -0.05) is 24.3 Å². The Morgan fingerprint density at radius 1 is 1.06 bits per heavy atom. The average Bonchev–Trinajstić information content (AvgIpc) is 3.23. The summed E-state index contributed by atoms with van der Waals surface area (Å²) < 4.78 is 5.17. The zero-order valence-corrected chi connectivity index (χ0v) is 17.6. The molecule has 0 radical (unpaired) electrons. The van der Waals surface area contributed by atoms with Gasteiger partial charge in [0.25, 0.3) is 0 Å². The number of piperidine rings is 1. The van der Waals surface area contributed by atoms with Crippen LogP contribution in [0.3, 0.4) is 0 Å². The number of fused-ring (bicyclic) bond motifs is 1. The molecule has 6 nitrogen and oxygen atoms in total. The van der Waals surface area contributed by atoms with Crippen molar-refractivity contribution in [3.8, 4) is 28.1 Å². The third-order valence-corrected chi connectivity index (χ3v) is 5.96. The Kier molecular flexibility index (Phi) is 5.40. The summed E-state index contributed by atoms with van der Waals surface area (Å²) in [7, 11) is 1.62. The van der Waals surface area contributed by atoms with Crippen LogP contribution in [0.4, 0.5) is 0 Å². The number of benzene rings is 1. The molecule has 0 aliphatic carbocycles. The fraction of sp³-hybridized carbons (Fsp3) is 0.280. The standard InChI is InChI=1S/C25H26N4O2/c1-31-24-9-8-19(12-26-24)23-14-28-25-22(23)11-20(13-27-25)18-6-4-17(5-7-18)15-29-10-2-3-21(30)16-29/h4-9,11-14,21,30H,2-3,10,15-16H2,1H3,(H,27,28). The van der Waals surface area contributed by atoms with Crippen molar-refractivity contribution in [3.05, 3.63) is 66.6 Å². The van der Waals surface area contributed by atoms with E-state index in [1.807, 2.05) is 30.7 Å². The van der Waals surface area contributed by atoms with E-state index in [9.17, 15) is 5.11 Å². The Morgan fingerprint density at radius 2 is 1.87 bits per heavy atom. The van der Waals surface area contributed by atoms with Crippen LogP contribution in [0.2, 0.25) is 0 Å². The van der Waals surface area contributed by atoms with Gasteiger partial charge < -0.3 is 14.8 Å². The number of β-amino-alcohol motifs (C(OH)–C–C–N with tert-alkyl or cyclic N) is 1. The summed E-state index contributed by atoms with van der Waals surface area (Å²) in [5.41, 5.74) is 6.42. The molecule has 158 valence electrons. The Labute approximate surface area is 181 Å². The van der Waals surface area contributed by atoms with Gasteiger partial charge in [-0.3, -0.25) is 4.90 Å². The van der Waals surface area contributed by atoms with Crippen LogP contribution in [0, 0.1) is 0 Å².